The van der Waals surface area contributed by atoms with Gasteiger partial charge < -0.3 is 16.0 Å². The van der Waals surface area contributed by atoms with Crippen molar-refractivity contribution in [2.75, 3.05) is 19.6 Å². The molecule has 3 amide bonds. The number of rotatable bonds is 5. The Morgan fingerprint density at radius 3 is 2.74 bits per heavy atom. The van der Waals surface area contributed by atoms with Crippen molar-refractivity contribution in [3.63, 3.8) is 0 Å². The van der Waals surface area contributed by atoms with Crippen LogP contribution < -0.4 is 11.1 Å². The molecule has 0 aliphatic carbocycles. The van der Waals surface area contributed by atoms with Gasteiger partial charge in [0.2, 0.25) is 5.91 Å². The van der Waals surface area contributed by atoms with Crippen LogP contribution in [-0.2, 0) is 17.8 Å². The molecule has 2 rings (SSSR count). The summed E-state index contributed by atoms with van der Waals surface area (Å²) in [4.78, 5) is 25.1. The van der Waals surface area contributed by atoms with Gasteiger partial charge in [0.1, 0.15) is 0 Å². The lowest BCUT2D eigenvalue weighted by Gasteiger charge is -2.30. The van der Waals surface area contributed by atoms with Gasteiger partial charge in [-0.2, -0.15) is 5.10 Å². The van der Waals surface area contributed by atoms with Crippen molar-refractivity contribution in [1.29, 1.82) is 0 Å². The number of carbonyl (C=O) groups excluding carboxylic acids is 2. The Bertz CT molecular complexity index is 581. The minimum atomic E-state index is -0.444. The maximum atomic E-state index is 12.3. The molecule has 7 nitrogen and oxygen atoms in total. The summed E-state index contributed by atoms with van der Waals surface area (Å²) >= 11 is 0. The highest BCUT2D eigenvalue weighted by molar-refractivity contribution is 5.80. The van der Waals surface area contributed by atoms with Crippen molar-refractivity contribution >= 4 is 11.9 Å². The summed E-state index contributed by atoms with van der Waals surface area (Å²) in [5.74, 6) is -0.147. The van der Waals surface area contributed by atoms with Gasteiger partial charge in [0, 0.05) is 31.9 Å². The lowest BCUT2D eigenvalue weighted by Crippen LogP contribution is -2.47. The Balaban J connectivity index is 1.85. The van der Waals surface area contributed by atoms with Crippen molar-refractivity contribution < 1.29 is 9.59 Å². The zero-order valence-electron chi connectivity index (χ0n) is 14.3. The molecular formula is C16H27N5O2. The molecule has 1 aliphatic heterocycles. The third-order valence-electron chi connectivity index (χ3n) is 4.61. The number of amides is 3. The van der Waals surface area contributed by atoms with E-state index >= 15 is 0 Å². The molecule has 128 valence electrons. The van der Waals surface area contributed by atoms with Crippen molar-refractivity contribution in [2.24, 2.45) is 11.7 Å². The number of primary amides is 1. The Labute approximate surface area is 137 Å². The molecule has 1 aromatic rings. The number of urea groups is 1. The lowest BCUT2D eigenvalue weighted by molar-refractivity contribution is -0.126. The van der Waals surface area contributed by atoms with E-state index in [0.717, 1.165) is 37.2 Å². The van der Waals surface area contributed by atoms with Gasteiger partial charge in [-0.05, 0) is 45.6 Å². The molecule has 0 spiro atoms. The maximum Gasteiger partial charge on any atom is 0.314 e. The molecule has 0 unspecified atom stereocenters. The zero-order chi connectivity index (χ0) is 17.0. The van der Waals surface area contributed by atoms with Gasteiger partial charge in [-0.1, -0.05) is 0 Å². The second-order valence-corrected chi connectivity index (χ2v) is 6.13. The number of aromatic nitrogens is 2. The third kappa shape index (κ3) is 4.03. The summed E-state index contributed by atoms with van der Waals surface area (Å²) in [6.45, 7) is 8.64. The summed E-state index contributed by atoms with van der Waals surface area (Å²) in [5, 5.41) is 7.48. The molecule has 0 aromatic carbocycles. The van der Waals surface area contributed by atoms with Gasteiger partial charge >= 0.3 is 6.03 Å². The fraction of sp³-hybridized carbons (Fsp3) is 0.688. The molecule has 23 heavy (non-hydrogen) atoms. The van der Waals surface area contributed by atoms with Crippen molar-refractivity contribution in [2.45, 2.75) is 46.6 Å². The molecule has 1 saturated heterocycles. The smallest absolute Gasteiger partial charge is 0.314 e. The number of hydrogen-bond donors (Lipinski definition) is 2. The largest absolute Gasteiger partial charge is 0.355 e. The molecule has 1 fully saturated rings. The minimum Gasteiger partial charge on any atom is -0.355 e. The second-order valence-electron chi connectivity index (χ2n) is 6.13. The van der Waals surface area contributed by atoms with E-state index in [4.69, 9.17) is 5.73 Å². The van der Waals surface area contributed by atoms with Gasteiger partial charge in [0.05, 0.1) is 11.6 Å². The minimum absolute atomic E-state index is 0.00846. The Morgan fingerprint density at radius 1 is 1.39 bits per heavy atom. The van der Waals surface area contributed by atoms with Crippen molar-refractivity contribution in [1.82, 2.24) is 20.0 Å². The molecule has 0 radical (unpaired) electrons. The first-order valence-corrected chi connectivity index (χ1v) is 8.29. The molecule has 2 heterocycles. The van der Waals surface area contributed by atoms with Gasteiger partial charge in [0.15, 0.2) is 0 Å². The van der Waals surface area contributed by atoms with Crippen LogP contribution in [0.15, 0.2) is 0 Å². The van der Waals surface area contributed by atoms with Gasteiger partial charge in [-0.3, -0.25) is 9.48 Å². The number of carbonyl (C=O) groups is 2. The molecule has 0 bridgehead atoms. The summed E-state index contributed by atoms with van der Waals surface area (Å²) in [7, 11) is 0. The Kier molecular flexibility index (Phi) is 5.63. The van der Waals surface area contributed by atoms with E-state index in [9.17, 15) is 9.59 Å². The first kappa shape index (κ1) is 17.3. The lowest BCUT2D eigenvalue weighted by atomic mass is 9.97. The summed E-state index contributed by atoms with van der Waals surface area (Å²) in [5.41, 5.74) is 8.69. The average molecular weight is 321 g/mol. The Hall–Kier alpha value is -2.05. The number of nitrogens with two attached hydrogens (primary N) is 1. The predicted molar refractivity (Wildman–Crippen MR) is 88.0 cm³/mol. The van der Waals surface area contributed by atoms with Crippen LogP contribution in [0.5, 0.6) is 0 Å². The molecule has 1 aliphatic rings. The molecule has 0 saturated carbocycles. The number of piperidine rings is 1. The second kappa shape index (κ2) is 7.48. The summed E-state index contributed by atoms with van der Waals surface area (Å²) in [6.07, 6.45) is 2.40. The third-order valence-corrected chi connectivity index (χ3v) is 4.61. The molecular weight excluding hydrogens is 294 g/mol. The summed E-state index contributed by atoms with van der Waals surface area (Å²) < 4.78 is 1.98. The van der Waals surface area contributed by atoms with E-state index in [2.05, 4.69) is 24.3 Å². The van der Waals surface area contributed by atoms with Crippen LogP contribution in [0.25, 0.3) is 0 Å². The van der Waals surface area contributed by atoms with Gasteiger partial charge in [-0.15, -0.1) is 0 Å². The molecule has 1 aromatic heterocycles. The monoisotopic (exact) mass is 321 g/mol. The number of aryl methyl sites for hydroxylation is 2. The standard InChI is InChI=1S/C16H27N5O2/c1-4-21-12(3)14(11(2)19-21)7-8-18-15(22)13-6-5-9-20(10-13)16(17)23/h13H,4-10H2,1-3H3,(H2,17,23)(H,18,22)/t13-/m1/s1. The number of nitrogens with zero attached hydrogens (tertiary/aromatic N) is 3. The van der Waals surface area contributed by atoms with Crippen LogP contribution >= 0.6 is 0 Å². The number of hydrogen-bond acceptors (Lipinski definition) is 3. The zero-order valence-corrected chi connectivity index (χ0v) is 14.3. The van der Waals surface area contributed by atoms with Crippen LogP contribution in [-0.4, -0.2) is 46.3 Å². The fourth-order valence-electron chi connectivity index (χ4n) is 3.25. The SMILES string of the molecule is CCn1nc(C)c(CCNC(=O)[C@@H]2CCCN(C(N)=O)C2)c1C. The quantitative estimate of drug-likeness (QED) is 0.846. The maximum absolute atomic E-state index is 12.3. The van der Waals surface area contributed by atoms with Crippen molar-refractivity contribution in [3.05, 3.63) is 17.0 Å². The highest BCUT2D eigenvalue weighted by Crippen LogP contribution is 2.17. The van der Waals surface area contributed by atoms with Crippen molar-refractivity contribution in [3.8, 4) is 0 Å². The van der Waals surface area contributed by atoms with E-state index in [0.29, 0.717) is 19.6 Å². The highest BCUT2D eigenvalue weighted by atomic mass is 16.2. The first-order chi connectivity index (χ1) is 10.9. The van der Waals surface area contributed by atoms with Gasteiger partial charge in [-0.25, -0.2) is 4.79 Å². The van der Waals surface area contributed by atoms with Crippen LogP contribution in [0.2, 0.25) is 0 Å². The highest BCUT2D eigenvalue weighted by Gasteiger charge is 2.27. The molecule has 1 atom stereocenters. The van der Waals surface area contributed by atoms with E-state index in [1.807, 2.05) is 11.6 Å². The number of nitrogens with one attached hydrogen (secondary N) is 1. The van der Waals surface area contributed by atoms with Gasteiger partial charge in [0.25, 0.3) is 0 Å². The van der Waals surface area contributed by atoms with Crippen LogP contribution in [0, 0.1) is 19.8 Å². The van der Waals surface area contributed by atoms with E-state index < -0.39 is 6.03 Å². The van der Waals surface area contributed by atoms with Crippen LogP contribution in [0.3, 0.4) is 0 Å². The number of likely N-dealkylation sites (tertiary alicyclic amines) is 1. The molecule has 3 N–H and O–H groups in total. The first-order valence-electron chi connectivity index (χ1n) is 8.29. The molecule has 7 heteroatoms. The Morgan fingerprint density at radius 2 is 2.13 bits per heavy atom. The van der Waals surface area contributed by atoms with Crippen LogP contribution in [0.1, 0.15) is 36.7 Å². The van der Waals surface area contributed by atoms with Crippen LogP contribution in [0.4, 0.5) is 4.79 Å². The fourth-order valence-corrected chi connectivity index (χ4v) is 3.25. The average Bonchev–Trinajstić information content (AvgIpc) is 2.82. The van der Waals surface area contributed by atoms with E-state index in [-0.39, 0.29) is 11.8 Å². The van der Waals surface area contributed by atoms with E-state index in [1.165, 1.54) is 5.56 Å². The van der Waals surface area contributed by atoms with E-state index in [1.54, 1.807) is 4.90 Å². The predicted octanol–water partition coefficient (Wildman–Crippen LogP) is 0.969. The topological polar surface area (TPSA) is 93.2 Å². The normalized spacial score (nSPS) is 18.0. The summed E-state index contributed by atoms with van der Waals surface area (Å²) in [6, 6.07) is -0.444.